The Bertz CT molecular complexity index is 1090. The number of sulfonamides is 1. The van der Waals surface area contributed by atoms with Crippen LogP contribution < -0.4 is 9.62 Å². The van der Waals surface area contributed by atoms with Crippen molar-refractivity contribution >= 4 is 27.5 Å². The third-order valence-electron chi connectivity index (χ3n) is 6.08. The Morgan fingerprint density at radius 3 is 2.26 bits per heavy atom. The first-order chi connectivity index (χ1) is 16.2. The number of anilines is 1. The van der Waals surface area contributed by atoms with Crippen LogP contribution in [0.1, 0.15) is 44.6 Å². The molecular formula is C25H32FN3O4S. The van der Waals surface area contributed by atoms with Gasteiger partial charge in [0.25, 0.3) is 0 Å². The molecule has 184 valence electrons. The average Bonchev–Trinajstić information content (AvgIpc) is 3.31. The van der Waals surface area contributed by atoms with E-state index in [9.17, 15) is 22.4 Å². The van der Waals surface area contributed by atoms with Gasteiger partial charge in [-0.05, 0) is 37.0 Å². The van der Waals surface area contributed by atoms with Crippen LogP contribution in [0.4, 0.5) is 10.1 Å². The molecule has 1 fully saturated rings. The molecule has 0 heterocycles. The Labute approximate surface area is 201 Å². The molecule has 0 bridgehead atoms. The van der Waals surface area contributed by atoms with E-state index in [1.165, 1.54) is 23.1 Å². The van der Waals surface area contributed by atoms with E-state index in [1.807, 2.05) is 37.3 Å². The third-order valence-corrected chi connectivity index (χ3v) is 7.21. The summed E-state index contributed by atoms with van der Waals surface area (Å²) in [5.41, 5.74) is 0.598. The molecule has 2 aromatic carbocycles. The van der Waals surface area contributed by atoms with Gasteiger partial charge >= 0.3 is 0 Å². The number of amides is 2. The molecule has 1 aliphatic carbocycles. The lowest BCUT2D eigenvalue weighted by atomic mass is 10.1. The number of nitrogens with one attached hydrogen (secondary N) is 1. The summed E-state index contributed by atoms with van der Waals surface area (Å²) in [4.78, 5) is 28.1. The Kier molecular flexibility index (Phi) is 8.66. The molecular weight excluding hydrogens is 457 g/mol. The number of para-hydroxylation sites is 1. The lowest BCUT2D eigenvalue weighted by Gasteiger charge is -2.33. The van der Waals surface area contributed by atoms with Gasteiger partial charge in [0.1, 0.15) is 18.4 Å². The number of hydrogen-bond acceptors (Lipinski definition) is 4. The smallest absolute Gasteiger partial charge is 0.244 e. The zero-order valence-electron chi connectivity index (χ0n) is 19.6. The predicted octanol–water partition coefficient (Wildman–Crippen LogP) is 3.46. The van der Waals surface area contributed by atoms with Crippen molar-refractivity contribution in [2.24, 2.45) is 0 Å². The first kappa shape index (κ1) is 25.7. The number of nitrogens with zero attached hydrogens (tertiary/aromatic N) is 2. The van der Waals surface area contributed by atoms with E-state index in [0.29, 0.717) is 6.42 Å². The van der Waals surface area contributed by atoms with E-state index in [4.69, 9.17) is 0 Å². The molecule has 3 rings (SSSR count). The Balaban J connectivity index is 1.91. The van der Waals surface area contributed by atoms with Crippen molar-refractivity contribution in [3.8, 4) is 0 Å². The standard InChI is InChI=1S/C25H32FN3O4S/c1-3-22(25(31)27-20-13-7-8-14-20)28(17-19-11-5-4-6-12-19)24(30)18-29(34(2,32)33)23-16-10-9-15-21(23)26/h4-6,9-12,15-16,20,22H,3,7-8,13-14,17-18H2,1-2H3,(H,27,31). The fourth-order valence-electron chi connectivity index (χ4n) is 4.32. The Hall–Kier alpha value is -2.94. The zero-order chi connectivity index (χ0) is 24.7. The quantitative estimate of drug-likeness (QED) is 0.554. The second-order valence-electron chi connectivity index (χ2n) is 8.64. The Morgan fingerprint density at radius 2 is 1.68 bits per heavy atom. The highest BCUT2D eigenvalue weighted by Crippen LogP contribution is 2.23. The second kappa shape index (κ2) is 11.5. The normalized spacial score (nSPS) is 15.0. The van der Waals surface area contributed by atoms with E-state index in [1.54, 1.807) is 0 Å². The number of hydrogen-bond donors (Lipinski definition) is 1. The molecule has 0 radical (unpaired) electrons. The van der Waals surface area contributed by atoms with Crippen LogP contribution in [0.5, 0.6) is 0 Å². The first-order valence-corrected chi connectivity index (χ1v) is 13.4. The first-order valence-electron chi connectivity index (χ1n) is 11.6. The second-order valence-corrected chi connectivity index (χ2v) is 10.5. The minimum Gasteiger partial charge on any atom is -0.352 e. The summed E-state index contributed by atoms with van der Waals surface area (Å²) in [5, 5.41) is 3.05. The number of rotatable bonds is 10. The molecule has 0 saturated heterocycles. The summed E-state index contributed by atoms with van der Waals surface area (Å²) in [6, 6.07) is 13.9. The topological polar surface area (TPSA) is 86.8 Å². The van der Waals surface area contributed by atoms with Crippen LogP contribution in [0.2, 0.25) is 0 Å². The van der Waals surface area contributed by atoms with Crippen molar-refractivity contribution in [2.75, 3.05) is 17.1 Å². The minimum atomic E-state index is -3.97. The van der Waals surface area contributed by atoms with Crippen molar-refractivity contribution in [3.63, 3.8) is 0 Å². The molecule has 2 aromatic rings. The molecule has 9 heteroatoms. The van der Waals surface area contributed by atoms with Gasteiger partial charge in [0.15, 0.2) is 0 Å². The van der Waals surface area contributed by atoms with Crippen LogP contribution in [-0.2, 0) is 26.2 Å². The number of benzene rings is 2. The minimum absolute atomic E-state index is 0.0844. The van der Waals surface area contributed by atoms with E-state index in [-0.39, 0.29) is 24.2 Å². The molecule has 0 aliphatic heterocycles. The molecule has 0 aromatic heterocycles. The molecule has 1 saturated carbocycles. The molecule has 1 atom stereocenters. The van der Waals surface area contributed by atoms with E-state index < -0.39 is 34.3 Å². The molecule has 1 aliphatic rings. The van der Waals surface area contributed by atoms with E-state index >= 15 is 0 Å². The maximum Gasteiger partial charge on any atom is 0.244 e. The molecule has 1 N–H and O–H groups in total. The molecule has 34 heavy (non-hydrogen) atoms. The largest absolute Gasteiger partial charge is 0.352 e. The van der Waals surface area contributed by atoms with Crippen LogP contribution in [0, 0.1) is 5.82 Å². The number of halogens is 1. The predicted molar refractivity (Wildman–Crippen MR) is 130 cm³/mol. The van der Waals surface area contributed by atoms with Crippen LogP contribution in [0.3, 0.4) is 0 Å². The van der Waals surface area contributed by atoms with Gasteiger partial charge in [-0.1, -0.05) is 62.2 Å². The van der Waals surface area contributed by atoms with E-state index in [2.05, 4.69) is 5.32 Å². The van der Waals surface area contributed by atoms with Crippen molar-refractivity contribution in [1.82, 2.24) is 10.2 Å². The van der Waals surface area contributed by atoms with Crippen molar-refractivity contribution in [2.45, 2.75) is 57.7 Å². The highest BCUT2D eigenvalue weighted by molar-refractivity contribution is 7.92. The number of carbonyl (C=O) groups is 2. The lowest BCUT2D eigenvalue weighted by molar-refractivity contribution is -0.140. The summed E-state index contributed by atoms with van der Waals surface area (Å²) in [6.07, 6.45) is 5.21. The zero-order valence-corrected chi connectivity index (χ0v) is 20.4. The van der Waals surface area contributed by atoms with Crippen molar-refractivity contribution in [3.05, 3.63) is 66.0 Å². The van der Waals surface area contributed by atoms with Gasteiger partial charge in [-0.3, -0.25) is 13.9 Å². The Morgan fingerprint density at radius 1 is 1.06 bits per heavy atom. The molecule has 1 unspecified atom stereocenters. The highest BCUT2D eigenvalue weighted by atomic mass is 32.2. The van der Waals surface area contributed by atoms with Gasteiger partial charge in [-0.2, -0.15) is 0 Å². The average molecular weight is 490 g/mol. The fraction of sp³-hybridized carbons (Fsp3) is 0.440. The van der Waals surface area contributed by atoms with Gasteiger partial charge in [0.05, 0.1) is 11.9 Å². The monoisotopic (exact) mass is 489 g/mol. The highest BCUT2D eigenvalue weighted by Gasteiger charge is 2.33. The SMILES string of the molecule is CCC(C(=O)NC1CCCC1)N(Cc1ccccc1)C(=O)CN(c1ccccc1F)S(C)(=O)=O. The van der Waals surface area contributed by atoms with E-state index in [0.717, 1.165) is 47.9 Å². The van der Waals surface area contributed by atoms with Crippen LogP contribution in [0.15, 0.2) is 54.6 Å². The summed E-state index contributed by atoms with van der Waals surface area (Å²) in [5.74, 6) is -1.58. The van der Waals surface area contributed by atoms with Gasteiger partial charge in [0.2, 0.25) is 21.8 Å². The van der Waals surface area contributed by atoms with Gasteiger partial charge < -0.3 is 10.2 Å². The molecule has 0 spiro atoms. The van der Waals surface area contributed by atoms with Crippen molar-refractivity contribution < 1.29 is 22.4 Å². The van der Waals surface area contributed by atoms with Gasteiger partial charge in [-0.25, -0.2) is 12.8 Å². The summed E-state index contributed by atoms with van der Waals surface area (Å²) in [6.45, 7) is 1.33. The van der Waals surface area contributed by atoms with Gasteiger partial charge in [0, 0.05) is 12.6 Å². The lowest BCUT2D eigenvalue weighted by Crippen LogP contribution is -2.53. The molecule has 7 nitrogen and oxygen atoms in total. The summed E-state index contributed by atoms with van der Waals surface area (Å²) < 4.78 is 40.2. The summed E-state index contributed by atoms with van der Waals surface area (Å²) >= 11 is 0. The number of carbonyl (C=O) groups excluding carboxylic acids is 2. The molecule has 2 amide bonds. The van der Waals surface area contributed by atoms with Crippen LogP contribution >= 0.6 is 0 Å². The maximum atomic E-state index is 14.5. The maximum absolute atomic E-state index is 14.5. The van der Waals surface area contributed by atoms with Crippen LogP contribution in [-0.4, -0.2) is 50.0 Å². The summed E-state index contributed by atoms with van der Waals surface area (Å²) in [7, 11) is -3.97. The fourth-order valence-corrected chi connectivity index (χ4v) is 5.17. The van der Waals surface area contributed by atoms with Gasteiger partial charge in [-0.15, -0.1) is 0 Å². The van der Waals surface area contributed by atoms with Crippen molar-refractivity contribution in [1.29, 1.82) is 0 Å². The van der Waals surface area contributed by atoms with Crippen LogP contribution in [0.25, 0.3) is 0 Å². The third kappa shape index (κ3) is 6.56.